The van der Waals surface area contributed by atoms with Gasteiger partial charge in [0.1, 0.15) is 6.04 Å². The maximum absolute atomic E-state index is 5.10. The number of pyridine rings is 1. The number of amidine groups is 1. The molecule has 0 unspecified atom stereocenters. The minimum Gasteiger partial charge on any atom is -0.346 e. The van der Waals surface area contributed by atoms with Crippen LogP contribution in [-0.4, -0.2) is 31.4 Å². The molecule has 25 heavy (non-hydrogen) atoms. The topological polar surface area (TPSA) is 33.4 Å². The van der Waals surface area contributed by atoms with Gasteiger partial charge in [-0.25, -0.2) is 0 Å². The lowest BCUT2D eigenvalue weighted by molar-refractivity contribution is 0.320. The zero-order valence-electron chi connectivity index (χ0n) is 15.0. The van der Waals surface area contributed by atoms with Crippen LogP contribution in [0, 0.1) is 13.8 Å². The number of aryl methyl sites for hydroxylation is 1. The molecule has 2 fully saturated rings. The van der Waals surface area contributed by atoms with Crippen LogP contribution in [0.4, 0.5) is 0 Å². The second-order valence-electron chi connectivity index (χ2n) is 7.56. The van der Waals surface area contributed by atoms with E-state index in [2.05, 4.69) is 53.4 Å². The number of aromatic nitrogens is 2. The number of nitrogens with zero attached hydrogens (tertiary/aromatic N) is 4. The van der Waals surface area contributed by atoms with Crippen molar-refractivity contribution in [2.24, 2.45) is 4.99 Å². The molecule has 0 amide bonds. The minimum absolute atomic E-state index is 0.101. The van der Waals surface area contributed by atoms with E-state index in [9.17, 15) is 0 Å². The summed E-state index contributed by atoms with van der Waals surface area (Å²) in [5, 5.41) is 1.81. The van der Waals surface area contributed by atoms with E-state index in [0.29, 0.717) is 5.25 Å². The van der Waals surface area contributed by atoms with Gasteiger partial charge in [-0.2, -0.15) is 0 Å². The van der Waals surface area contributed by atoms with E-state index in [1.165, 1.54) is 35.0 Å². The summed E-state index contributed by atoms with van der Waals surface area (Å²) in [6.45, 7) is 7.92. The molecule has 5 rings (SSSR count). The highest BCUT2D eigenvalue weighted by molar-refractivity contribution is 8.14. The molecule has 0 aromatic carbocycles. The number of thioether (sulfide) groups is 1. The summed E-state index contributed by atoms with van der Waals surface area (Å²) >= 11 is 1.91. The standard InChI is InChI=1S/C20H24N4S/c1-12-10-16(14(3)24(12)15-7-8-15)19-18(17-6-4-5-9-21-17)22-20-23(19)11-13(2)25-20/h4-6,9-10,13,15,18-19H,7-8,11H2,1-3H3/t13-,18-,19-/m0/s1. The van der Waals surface area contributed by atoms with E-state index in [-0.39, 0.29) is 12.1 Å². The first-order chi connectivity index (χ1) is 12.1. The normalized spacial score (nSPS) is 28.4. The predicted molar refractivity (Wildman–Crippen MR) is 103 cm³/mol. The summed E-state index contributed by atoms with van der Waals surface area (Å²) in [6.07, 6.45) is 4.53. The zero-order chi connectivity index (χ0) is 17.1. The molecule has 130 valence electrons. The van der Waals surface area contributed by atoms with Gasteiger partial charge in [-0.15, -0.1) is 0 Å². The van der Waals surface area contributed by atoms with Gasteiger partial charge < -0.3 is 9.47 Å². The fourth-order valence-corrected chi connectivity index (χ4v) is 5.54. The van der Waals surface area contributed by atoms with Gasteiger partial charge in [0.2, 0.25) is 0 Å². The van der Waals surface area contributed by atoms with Gasteiger partial charge in [0.25, 0.3) is 0 Å². The number of rotatable bonds is 3. The second kappa shape index (κ2) is 5.63. The summed E-state index contributed by atoms with van der Waals surface area (Å²) in [6, 6.07) is 9.68. The Labute approximate surface area is 153 Å². The van der Waals surface area contributed by atoms with Gasteiger partial charge in [0.15, 0.2) is 5.17 Å². The molecular formula is C20H24N4S. The lowest BCUT2D eigenvalue weighted by Gasteiger charge is -2.27. The first kappa shape index (κ1) is 15.5. The van der Waals surface area contributed by atoms with Crippen molar-refractivity contribution >= 4 is 16.9 Å². The molecular weight excluding hydrogens is 328 g/mol. The maximum Gasteiger partial charge on any atom is 0.160 e. The van der Waals surface area contributed by atoms with Crippen LogP contribution in [0.3, 0.4) is 0 Å². The van der Waals surface area contributed by atoms with Crippen molar-refractivity contribution < 1.29 is 0 Å². The van der Waals surface area contributed by atoms with E-state index in [1.54, 1.807) is 0 Å². The summed E-state index contributed by atoms with van der Waals surface area (Å²) in [4.78, 5) is 12.3. The van der Waals surface area contributed by atoms with E-state index >= 15 is 0 Å². The van der Waals surface area contributed by atoms with Crippen LogP contribution in [-0.2, 0) is 0 Å². The Balaban J connectivity index is 1.61. The van der Waals surface area contributed by atoms with Crippen molar-refractivity contribution in [3.63, 3.8) is 0 Å². The molecule has 1 saturated carbocycles. The van der Waals surface area contributed by atoms with Gasteiger partial charge in [-0.3, -0.25) is 9.98 Å². The lowest BCUT2D eigenvalue weighted by atomic mass is 9.96. The first-order valence-electron chi connectivity index (χ1n) is 9.24. The molecule has 3 atom stereocenters. The lowest BCUT2D eigenvalue weighted by Crippen LogP contribution is -2.28. The highest BCUT2D eigenvalue weighted by Gasteiger charge is 2.45. The maximum atomic E-state index is 5.10. The molecule has 2 aliphatic heterocycles. The highest BCUT2D eigenvalue weighted by atomic mass is 32.2. The second-order valence-corrected chi connectivity index (χ2v) is 8.97. The van der Waals surface area contributed by atoms with Crippen LogP contribution in [0.5, 0.6) is 0 Å². The number of hydrogen-bond acceptors (Lipinski definition) is 4. The van der Waals surface area contributed by atoms with Gasteiger partial charge in [0, 0.05) is 35.4 Å². The average molecular weight is 353 g/mol. The molecule has 1 aliphatic carbocycles. The van der Waals surface area contributed by atoms with E-state index in [0.717, 1.165) is 18.3 Å². The number of fused-ring (bicyclic) bond motifs is 1. The van der Waals surface area contributed by atoms with Crippen LogP contribution in [0.2, 0.25) is 0 Å². The van der Waals surface area contributed by atoms with Crippen molar-refractivity contribution in [2.75, 3.05) is 6.54 Å². The Hall–Kier alpha value is -1.75. The molecule has 1 saturated heterocycles. The summed E-state index contributed by atoms with van der Waals surface area (Å²) in [7, 11) is 0. The van der Waals surface area contributed by atoms with Crippen molar-refractivity contribution in [3.8, 4) is 0 Å². The highest BCUT2D eigenvalue weighted by Crippen LogP contribution is 2.49. The van der Waals surface area contributed by atoms with Crippen molar-refractivity contribution in [2.45, 2.75) is 57.0 Å². The van der Waals surface area contributed by atoms with Crippen molar-refractivity contribution in [3.05, 3.63) is 53.1 Å². The zero-order valence-corrected chi connectivity index (χ0v) is 15.8. The molecule has 3 aliphatic rings. The third-order valence-corrected chi connectivity index (χ3v) is 6.74. The SMILES string of the molecule is Cc1cc([C@H]2[C@H](c3ccccn3)N=C3S[C@@H](C)CN32)c(C)n1C1CC1. The Bertz CT molecular complexity index is 837. The molecule has 4 nitrogen and oxygen atoms in total. The fraction of sp³-hybridized carbons (Fsp3) is 0.500. The van der Waals surface area contributed by atoms with Crippen LogP contribution >= 0.6 is 11.8 Å². The molecule has 0 spiro atoms. The third kappa shape index (κ3) is 2.43. The predicted octanol–water partition coefficient (Wildman–Crippen LogP) is 4.42. The van der Waals surface area contributed by atoms with Crippen LogP contribution in [0.15, 0.2) is 35.5 Å². The van der Waals surface area contributed by atoms with Gasteiger partial charge in [-0.05, 0) is 50.5 Å². The van der Waals surface area contributed by atoms with E-state index < -0.39 is 0 Å². The fourth-order valence-electron chi connectivity index (χ4n) is 4.45. The Morgan fingerprint density at radius 3 is 2.76 bits per heavy atom. The van der Waals surface area contributed by atoms with E-state index in [1.807, 2.05) is 24.0 Å². The number of hydrogen-bond donors (Lipinski definition) is 0. The van der Waals surface area contributed by atoms with Crippen LogP contribution < -0.4 is 0 Å². The monoisotopic (exact) mass is 352 g/mol. The minimum atomic E-state index is 0.101. The van der Waals surface area contributed by atoms with E-state index in [4.69, 9.17) is 4.99 Å². The largest absolute Gasteiger partial charge is 0.346 e. The average Bonchev–Trinajstić information content (AvgIpc) is 3.19. The Morgan fingerprint density at radius 2 is 2.04 bits per heavy atom. The first-order valence-corrected chi connectivity index (χ1v) is 10.1. The van der Waals surface area contributed by atoms with Gasteiger partial charge in [-0.1, -0.05) is 24.8 Å². The molecule has 2 aromatic rings. The summed E-state index contributed by atoms with van der Waals surface area (Å²) in [5.41, 5.74) is 5.34. The summed E-state index contributed by atoms with van der Waals surface area (Å²) < 4.78 is 2.55. The smallest absolute Gasteiger partial charge is 0.160 e. The Morgan fingerprint density at radius 1 is 1.20 bits per heavy atom. The molecule has 5 heteroatoms. The van der Waals surface area contributed by atoms with Crippen LogP contribution in [0.1, 0.15) is 60.5 Å². The molecule has 2 aromatic heterocycles. The molecule has 0 bridgehead atoms. The van der Waals surface area contributed by atoms with Crippen molar-refractivity contribution in [1.29, 1.82) is 0 Å². The van der Waals surface area contributed by atoms with Crippen LogP contribution in [0.25, 0.3) is 0 Å². The quantitative estimate of drug-likeness (QED) is 0.820. The molecule has 0 N–H and O–H groups in total. The van der Waals surface area contributed by atoms with Gasteiger partial charge in [0.05, 0.1) is 11.7 Å². The summed E-state index contributed by atoms with van der Waals surface area (Å²) in [5.74, 6) is 0. The van der Waals surface area contributed by atoms with Gasteiger partial charge >= 0.3 is 0 Å². The molecule has 0 radical (unpaired) electrons. The Kier molecular flexibility index (Phi) is 3.49. The molecule has 4 heterocycles. The third-order valence-electron chi connectivity index (χ3n) is 5.64. The van der Waals surface area contributed by atoms with Crippen molar-refractivity contribution in [1.82, 2.24) is 14.5 Å². The number of aliphatic imine (C=N–C) groups is 1.